The van der Waals surface area contributed by atoms with Gasteiger partial charge in [0.1, 0.15) is 24.2 Å². The van der Waals surface area contributed by atoms with Gasteiger partial charge in [0.2, 0.25) is 0 Å². The van der Waals surface area contributed by atoms with Gasteiger partial charge in [0.25, 0.3) is 0 Å². The van der Waals surface area contributed by atoms with Crippen LogP contribution in [0.2, 0.25) is 10.0 Å². The van der Waals surface area contributed by atoms with Gasteiger partial charge in [-0.15, -0.1) is 11.6 Å². The van der Waals surface area contributed by atoms with Crippen molar-refractivity contribution in [3.05, 3.63) is 57.6 Å². The molecule has 0 spiro atoms. The SMILES string of the molecule is ClCC1CO1.FC(F)(F)c1ccc(OCC2CO2)c(Cl)c1.Oc1ccc(C(F)(F)F)cc1Cl. The van der Waals surface area contributed by atoms with Crippen molar-refractivity contribution in [3.63, 3.8) is 0 Å². The van der Waals surface area contributed by atoms with Crippen molar-refractivity contribution in [2.45, 2.75) is 24.6 Å². The molecule has 0 bridgehead atoms. The van der Waals surface area contributed by atoms with E-state index in [9.17, 15) is 26.3 Å². The zero-order chi connectivity index (χ0) is 24.8. The van der Waals surface area contributed by atoms with Crippen LogP contribution in [0.4, 0.5) is 26.3 Å². The fourth-order valence-electron chi connectivity index (χ4n) is 1.98. The first kappa shape index (κ1) is 27.7. The number of benzene rings is 2. The van der Waals surface area contributed by atoms with Crippen LogP contribution in [0.3, 0.4) is 0 Å². The van der Waals surface area contributed by atoms with Gasteiger partial charge in [-0.05, 0) is 36.4 Å². The van der Waals surface area contributed by atoms with E-state index in [0.717, 1.165) is 30.9 Å². The van der Waals surface area contributed by atoms with Gasteiger partial charge >= 0.3 is 12.4 Å². The summed E-state index contributed by atoms with van der Waals surface area (Å²) in [4.78, 5) is 0. The number of hydrogen-bond donors (Lipinski definition) is 1. The quantitative estimate of drug-likeness (QED) is 0.262. The maximum Gasteiger partial charge on any atom is 0.416 e. The monoisotopic (exact) mass is 540 g/mol. The number of aromatic hydroxyl groups is 1. The first-order valence-electron chi connectivity index (χ1n) is 9.15. The van der Waals surface area contributed by atoms with Crippen molar-refractivity contribution in [3.8, 4) is 11.5 Å². The van der Waals surface area contributed by atoms with Crippen molar-refractivity contribution >= 4 is 34.8 Å². The molecule has 2 atom stereocenters. The average Bonchev–Trinajstić information content (AvgIpc) is 3.62. The standard InChI is InChI=1S/C10H8ClF3O2.C7H4ClF3O.C3H5ClO/c11-8-3-6(10(12,13)14)1-2-9(8)16-5-7-4-15-7;8-5-3-4(7(9,10)11)1-2-6(5)12;4-1-3-2-5-3/h1-3,7H,4-5H2;1-3,12H;3H,1-2H2. The summed E-state index contributed by atoms with van der Waals surface area (Å²) < 4.78 is 87.6. The van der Waals surface area contributed by atoms with Crippen molar-refractivity contribution in [2.24, 2.45) is 0 Å². The Labute approximate surface area is 199 Å². The fraction of sp³-hybridized carbons (Fsp3) is 0.400. The van der Waals surface area contributed by atoms with E-state index in [4.69, 9.17) is 54.1 Å². The fourth-order valence-corrected chi connectivity index (χ4v) is 2.58. The minimum absolute atomic E-state index is 0.0401. The van der Waals surface area contributed by atoms with E-state index in [1.807, 2.05) is 0 Å². The Kier molecular flexibility index (Phi) is 9.81. The van der Waals surface area contributed by atoms with Gasteiger partial charge in [-0.2, -0.15) is 26.3 Å². The van der Waals surface area contributed by atoms with E-state index in [2.05, 4.69) is 0 Å². The molecule has 184 valence electrons. The molecule has 13 heteroatoms. The summed E-state index contributed by atoms with van der Waals surface area (Å²) in [6, 6.07) is 5.36. The lowest BCUT2D eigenvalue weighted by Gasteiger charge is -2.10. The number of ether oxygens (including phenoxy) is 3. The molecule has 0 saturated carbocycles. The second-order valence-corrected chi connectivity index (χ2v) is 7.81. The smallest absolute Gasteiger partial charge is 0.416 e. The second-order valence-electron chi connectivity index (χ2n) is 6.68. The Bertz CT molecular complexity index is 916. The Morgan fingerprint density at radius 1 is 0.848 bits per heavy atom. The van der Waals surface area contributed by atoms with Crippen LogP contribution in [0.15, 0.2) is 36.4 Å². The summed E-state index contributed by atoms with van der Waals surface area (Å²) in [5, 5.41) is 8.46. The molecule has 2 aliphatic rings. The molecule has 0 amide bonds. The largest absolute Gasteiger partial charge is 0.506 e. The second kappa shape index (κ2) is 11.7. The number of phenols is 1. The highest BCUT2D eigenvalue weighted by molar-refractivity contribution is 6.32. The van der Waals surface area contributed by atoms with Gasteiger partial charge in [-0.25, -0.2) is 0 Å². The van der Waals surface area contributed by atoms with Crippen LogP contribution >= 0.6 is 34.8 Å². The van der Waals surface area contributed by atoms with Crippen molar-refractivity contribution in [2.75, 3.05) is 25.7 Å². The molecule has 4 nitrogen and oxygen atoms in total. The molecule has 0 aromatic heterocycles. The maximum absolute atomic E-state index is 12.3. The highest BCUT2D eigenvalue weighted by Crippen LogP contribution is 2.35. The lowest BCUT2D eigenvalue weighted by atomic mass is 10.2. The van der Waals surface area contributed by atoms with Gasteiger partial charge in [-0.1, -0.05) is 23.2 Å². The average molecular weight is 542 g/mol. The molecule has 2 unspecified atom stereocenters. The highest BCUT2D eigenvalue weighted by Gasteiger charge is 2.32. The molecule has 2 fully saturated rings. The predicted molar refractivity (Wildman–Crippen MR) is 110 cm³/mol. The third-order valence-corrected chi connectivity index (χ3v) is 4.88. The van der Waals surface area contributed by atoms with Crippen molar-refractivity contribution in [1.29, 1.82) is 0 Å². The lowest BCUT2D eigenvalue weighted by Crippen LogP contribution is -2.07. The van der Waals surface area contributed by atoms with Crippen LogP contribution < -0.4 is 4.74 Å². The Balaban J connectivity index is 0.000000198. The maximum atomic E-state index is 12.3. The van der Waals surface area contributed by atoms with Gasteiger partial charge in [0, 0.05) is 0 Å². The summed E-state index contributed by atoms with van der Waals surface area (Å²) in [5.74, 6) is 0.551. The molecule has 2 aromatic carbocycles. The summed E-state index contributed by atoms with van der Waals surface area (Å²) in [6.07, 6.45) is -8.37. The normalized spacial score (nSPS) is 18.9. The molecular formula is C20H17Cl3F6O4. The van der Waals surface area contributed by atoms with Gasteiger partial charge < -0.3 is 19.3 Å². The molecule has 2 saturated heterocycles. The Hall–Kier alpha value is -1.59. The minimum atomic E-state index is -4.42. The third-order valence-electron chi connectivity index (χ3n) is 3.94. The highest BCUT2D eigenvalue weighted by atomic mass is 35.5. The number of hydrogen-bond acceptors (Lipinski definition) is 4. The summed E-state index contributed by atoms with van der Waals surface area (Å²) in [6.45, 7) is 1.81. The number of epoxide rings is 2. The summed E-state index contributed by atoms with van der Waals surface area (Å²) >= 11 is 16.2. The van der Waals surface area contributed by atoms with Gasteiger partial charge in [0.05, 0.1) is 46.4 Å². The van der Waals surface area contributed by atoms with Crippen LogP contribution in [0.25, 0.3) is 0 Å². The molecule has 4 rings (SSSR count). The summed E-state index contributed by atoms with van der Waals surface area (Å²) in [5.41, 5.74) is -1.65. The molecule has 0 aliphatic carbocycles. The number of rotatable bonds is 4. The van der Waals surface area contributed by atoms with Crippen molar-refractivity contribution < 1.29 is 45.7 Å². The topological polar surface area (TPSA) is 54.5 Å². The Morgan fingerprint density at radius 3 is 1.70 bits per heavy atom. The number of halogens is 9. The van der Waals surface area contributed by atoms with E-state index >= 15 is 0 Å². The van der Waals surface area contributed by atoms with Crippen LogP contribution in [0.5, 0.6) is 11.5 Å². The predicted octanol–water partition coefficient (Wildman–Crippen LogP) is 6.82. The first-order chi connectivity index (χ1) is 15.3. The van der Waals surface area contributed by atoms with E-state index in [0.29, 0.717) is 31.3 Å². The third kappa shape index (κ3) is 10.1. The number of alkyl halides is 7. The van der Waals surface area contributed by atoms with Crippen molar-refractivity contribution in [1.82, 2.24) is 0 Å². The summed E-state index contributed by atoms with van der Waals surface area (Å²) in [7, 11) is 0. The molecular weight excluding hydrogens is 525 g/mol. The van der Waals surface area contributed by atoms with Crippen LogP contribution in [-0.2, 0) is 21.8 Å². The Morgan fingerprint density at radius 2 is 1.33 bits per heavy atom. The molecule has 2 aliphatic heterocycles. The minimum Gasteiger partial charge on any atom is -0.506 e. The molecule has 33 heavy (non-hydrogen) atoms. The molecule has 2 heterocycles. The lowest BCUT2D eigenvalue weighted by molar-refractivity contribution is -0.138. The van der Waals surface area contributed by atoms with E-state index in [-0.39, 0.29) is 27.6 Å². The van der Waals surface area contributed by atoms with Crippen LogP contribution in [0, 0.1) is 0 Å². The molecule has 0 radical (unpaired) electrons. The number of phenolic OH excluding ortho intramolecular Hbond substituents is 1. The zero-order valence-corrected chi connectivity index (χ0v) is 18.8. The zero-order valence-electron chi connectivity index (χ0n) is 16.5. The van der Waals surface area contributed by atoms with E-state index in [1.54, 1.807) is 0 Å². The van der Waals surface area contributed by atoms with E-state index < -0.39 is 23.5 Å². The van der Waals surface area contributed by atoms with Gasteiger partial charge in [-0.3, -0.25) is 0 Å². The molecule has 2 aromatic rings. The first-order valence-corrected chi connectivity index (χ1v) is 10.4. The van der Waals surface area contributed by atoms with Crippen LogP contribution in [-0.4, -0.2) is 43.0 Å². The van der Waals surface area contributed by atoms with E-state index in [1.165, 1.54) is 6.07 Å². The molecule has 1 N–H and O–H groups in total. The van der Waals surface area contributed by atoms with Gasteiger partial charge in [0.15, 0.2) is 0 Å². The van der Waals surface area contributed by atoms with Crippen LogP contribution in [0.1, 0.15) is 11.1 Å².